The molecular formula is C14H25N3S. The summed E-state index contributed by atoms with van der Waals surface area (Å²) in [6.45, 7) is 10.0. The lowest BCUT2D eigenvalue weighted by molar-refractivity contribution is 0.193. The standard InChI is InChI=1S/C14H25N3S/c1-4-5-13-8-17(12(3)6-7-15-13)9-14-16-11(2)10-18-14/h10,12-13,15H,4-9H2,1-3H3. The van der Waals surface area contributed by atoms with Crippen LogP contribution in [0.3, 0.4) is 0 Å². The molecule has 1 N–H and O–H groups in total. The van der Waals surface area contributed by atoms with Crippen LogP contribution in [0.15, 0.2) is 5.38 Å². The first-order valence-corrected chi connectivity index (χ1v) is 7.95. The number of nitrogens with one attached hydrogen (secondary N) is 1. The van der Waals surface area contributed by atoms with Crippen molar-refractivity contribution in [2.75, 3.05) is 13.1 Å². The smallest absolute Gasteiger partial charge is 0.107 e. The Hall–Kier alpha value is -0.450. The zero-order chi connectivity index (χ0) is 13.0. The van der Waals surface area contributed by atoms with Crippen LogP contribution in [-0.4, -0.2) is 35.1 Å². The molecule has 0 aromatic carbocycles. The van der Waals surface area contributed by atoms with E-state index in [2.05, 4.69) is 41.4 Å². The Morgan fingerprint density at radius 1 is 1.56 bits per heavy atom. The first kappa shape index (κ1) is 14.0. The molecule has 0 saturated carbocycles. The van der Waals surface area contributed by atoms with Gasteiger partial charge in [0.1, 0.15) is 5.01 Å². The average molecular weight is 267 g/mol. The molecule has 0 bridgehead atoms. The third kappa shape index (κ3) is 3.77. The van der Waals surface area contributed by atoms with Gasteiger partial charge in [-0.1, -0.05) is 13.3 Å². The van der Waals surface area contributed by atoms with E-state index in [1.54, 1.807) is 11.3 Å². The minimum absolute atomic E-state index is 0.654. The Kier molecular flexibility index (Phi) is 5.15. The van der Waals surface area contributed by atoms with E-state index in [1.807, 2.05) is 0 Å². The SMILES string of the molecule is CCCC1CN(Cc2nc(C)cs2)C(C)CCN1. The Morgan fingerprint density at radius 2 is 2.39 bits per heavy atom. The molecule has 18 heavy (non-hydrogen) atoms. The summed E-state index contributed by atoms with van der Waals surface area (Å²) in [6, 6.07) is 1.31. The molecule has 0 radical (unpaired) electrons. The molecule has 1 aromatic heterocycles. The third-order valence-electron chi connectivity index (χ3n) is 3.72. The second-order valence-corrected chi connectivity index (χ2v) is 6.33. The van der Waals surface area contributed by atoms with Crippen molar-refractivity contribution in [1.82, 2.24) is 15.2 Å². The monoisotopic (exact) mass is 267 g/mol. The molecule has 2 atom stereocenters. The van der Waals surface area contributed by atoms with E-state index >= 15 is 0 Å². The van der Waals surface area contributed by atoms with E-state index in [0.29, 0.717) is 12.1 Å². The molecule has 2 heterocycles. The lowest BCUT2D eigenvalue weighted by Crippen LogP contribution is -2.39. The van der Waals surface area contributed by atoms with Crippen LogP contribution in [0, 0.1) is 6.92 Å². The van der Waals surface area contributed by atoms with Gasteiger partial charge in [0.2, 0.25) is 0 Å². The number of nitrogens with zero attached hydrogens (tertiary/aromatic N) is 2. The molecule has 2 unspecified atom stereocenters. The number of thiazole rings is 1. The van der Waals surface area contributed by atoms with E-state index in [0.717, 1.165) is 25.3 Å². The number of aromatic nitrogens is 1. The van der Waals surface area contributed by atoms with Crippen LogP contribution < -0.4 is 5.32 Å². The van der Waals surface area contributed by atoms with Gasteiger partial charge < -0.3 is 5.32 Å². The highest BCUT2D eigenvalue weighted by Crippen LogP contribution is 2.17. The van der Waals surface area contributed by atoms with Crippen molar-refractivity contribution in [1.29, 1.82) is 0 Å². The van der Waals surface area contributed by atoms with E-state index in [1.165, 1.54) is 24.3 Å². The van der Waals surface area contributed by atoms with Crippen LogP contribution >= 0.6 is 11.3 Å². The van der Waals surface area contributed by atoms with Gasteiger partial charge in [0.05, 0.1) is 6.54 Å². The zero-order valence-electron chi connectivity index (χ0n) is 11.8. The summed E-state index contributed by atoms with van der Waals surface area (Å²) in [5.41, 5.74) is 1.15. The summed E-state index contributed by atoms with van der Waals surface area (Å²) in [6.07, 6.45) is 3.78. The molecule has 102 valence electrons. The second-order valence-electron chi connectivity index (χ2n) is 5.39. The van der Waals surface area contributed by atoms with E-state index in [9.17, 15) is 0 Å². The fourth-order valence-corrected chi connectivity index (χ4v) is 3.41. The maximum atomic E-state index is 4.60. The number of hydrogen-bond acceptors (Lipinski definition) is 4. The second kappa shape index (κ2) is 6.64. The van der Waals surface area contributed by atoms with Gasteiger partial charge in [0.25, 0.3) is 0 Å². The van der Waals surface area contributed by atoms with Gasteiger partial charge in [0.15, 0.2) is 0 Å². The molecule has 4 heteroatoms. The number of aryl methyl sites for hydroxylation is 1. The van der Waals surface area contributed by atoms with E-state index in [4.69, 9.17) is 0 Å². The van der Waals surface area contributed by atoms with Crippen LogP contribution in [0.5, 0.6) is 0 Å². The summed E-state index contributed by atoms with van der Waals surface area (Å²) in [7, 11) is 0. The van der Waals surface area contributed by atoms with Crippen LogP contribution in [-0.2, 0) is 6.54 Å². The quantitative estimate of drug-likeness (QED) is 0.909. The summed E-state index contributed by atoms with van der Waals surface area (Å²) in [5.74, 6) is 0. The maximum Gasteiger partial charge on any atom is 0.107 e. The van der Waals surface area contributed by atoms with Crippen molar-refractivity contribution < 1.29 is 0 Å². The summed E-state index contributed by atoms with van der Waals surface area (Å²) in [5, 5.41) is 7.09. The topological polar surface area (TPSA) is 28.2 Å². The summed E-state index contributed by atoms with van der Waals surface area (Å²) >= 11 is 1.79. The highest BCUT2D eigenvalue weighted by Gasteiger charge is 2.23. The minimum atomic E-state index is 0.654. The Balaban J connectivity index is 1.98. The molecule has 0 amide bonds. The van der Waals surface area contributed by atoms with Gasteiger partial charge in [-0.25, -0.2) is 4.98 Å². The molecule has 1 aromatic rings. The van der Waals surface area contributed by atoms with Gasteiger partial charge in [-0.2, -0.15) is 0 Å². The van der Waals surface area contributed by atoms with E-state index in [-0.39, 0.29) is 0 Å². The molecule has 1 saturated heterocycles. The molecule has 3 nitrogen and oxygen atoms in total. The molecule has 0 spiro atoms. The van der Waals surface area contributed by atoms with Gasteiger partial charge in [-0.05, 0) is 33.2 Å². The van der Waals surface area contributed by atoms with Crippen molar-refractivity contribution in [3.8, 4) is 0 Å². The summed E-state index contributed by atoms with van der Waals surface area (Å²) < 4.78 is 0. The van der Waals surface area contributed by atoms with Crippen LogP contribution in [0.4, 0.5) is 0 Å². The fraction of sp³-hybridized carbons (Fsp3) is 0.786. The predicted octanol–water partition coefficient (Wildman–Crippen LogP) is 2.80. The first-order valence-electron chi connectivity index (χ1n) is 7.07. The van der Waals surface area contributed by atoms with Crippen molar-refractivity contribution in [2.24, 2.45) is 0 Å². The normalized spacial score (nSPS) is 26.2. The van der Waals surface area contributed by atoms with Gasteiger partial charge >= 0.3 is 0 Å². The van der Waals surface area contributed by atoms with Crippen molar-refractivity contribution >= 4 is 11.3 Å². The molecule has 1 aliphatic heterocycles. The van der Waals surface area contributed by atoms with Crippen molar-refractivity contribution in [3.63, 3.8) is 0 Å². The lowest BCUT2D eigenvalue weighted by atomic mass is 10.1. The molecule has 1 aliphatic rings. The zero-order valence-corrected chi connectivity index (χ0v) is 12.6. The number of rotatable bonds is 4. The summed E-state index contributed by atoms with van der Waals surface area (Å²) in [4.78, 5) is 7.19. The largest absolute Gasteiger partial charge is 0.313 e. The van der Waals surface area contributed by atoms with Gasteiger partial charge in [-0.3, -0.25) is 4.90 Å². The maximum absolute atomic E-state index is 4.60. The molecule has 0 aliphatic carbocycles. The minimum Gasteiger partial charge on any atom is -0.313 e. The van der Waals surface area contributed by atoms with Crippen molar-refractivity contribution in [2.45, 2.75) is 58.7 Å². The van der Waals surface area contributed by atoms with Gasteiger partial charge in [-0.15, -0.1) is 11.3 Å². The number of hydrogen-bond donors (Lipinski definition) is 1. The van der Waals surface area contributed by atoms with Crippen LogP contribution in [0.25, 0.3) is 0 Å². The lowest BCUT2D eigenvalue weighted by Gasteiger charge is -2.28. The molecule has 2 rings (SSSR count). The molecule has 1 fully saturated rings. The Morgan fingerprint density at radius 3 is 3.06 bits per heavy atom. The van der Waals surface area contributed by atoms with E-state index < -0.39 is 0 Å². The Labute approximate surface area is 115 Å². The van der Waals surface area contributed by atoms with Crippen LogP contribution in [0.1, 0.15) is 43.8 Å². The highest BCUT2D eigenvalue weighted by molar-refractivity contribution is 7.09. The van der Waals surface area contributed by atoms with Crippen LogP contribution in [0.2, 0.25) is 0 Å². The first-order chi connectivity index (χ1) is 8.69. The van der Waals surface area contributed by atoms with Crippen molar-refractivity contribution in [3.05, 3.63) is 16.1 Å². The predicted molar refractivity (Wildman–Crippen MR) is 78.0 cm³/mol. The fourth-order valence-electron chi connectivity index (χ4n) is 2.62. The Bertz CT molecular complexity index is 364. The van der Waals surface area contributed by atoms with Gasteiger partial charge in [0, 0.05) is 29.7 Å². The third-order valence-corrected chi connectivity index (χ3v) is 4.67. The molecular weight excluding hydrogens is 242 g/mol. The average Bonchev–Trinajstić information content (AvgIpc) is 2.65. The highest BCUT2D eigenvalue weighted by atomic mass is 32.1.